The van der Waals surface area contributed by atoms with Crippen molar-refractivity contribution in [2.45, 2.75) is 0 Å². The second-order valence-electron chi connectivity index (χ2n) is 7.71. The summed E-state index contributed by atoms with van der Waals surface area (Å²) in [5, 5.41) is 0. The average Bonchev–Trinajstić information content (AvgIpc) is 2.94. The van der Waals surface area contributed by atoms with E-state index >= 15 is 0 Å². The molecule has 0 saturated heterocycles. The standard InChI is InChI=1S/C33H24O3/c1-34-31-10-4-7-25(22-31)13-14-28-16-19-29(18-15-26-8-5-11-32(23-26)35-2)30(21-28)20-17-27-9-6-12-33(24-27)36-3/h4-12,16,19,21-24H,1-3H3. The summed E-state index contributed by atoms with van der Waals surface area (Å²) in [5.41, 5.74) is 5.06. The van der Waals surface area contributed by atoms with E-state index < -0.39 is 0 Å². The molecule has 0 aliphatic carbocycles. The van der Waals surface area contributed by atoms with Gasteiger partial charge in [0.25, 0.3) is 0 Å². The van der Waals surface area contributed by atoms with Crippen molar-refractivity contribution in [1.82, 2.24) is 0 Å². The van der Waals surface area contributed by atoms with Crippen LogP contribution in [0.3, 0.4) is 0 Å². The molecule has 3 heteroatoms. The molecule has 0 heterocycles. The van der Waals surface area contributed by atoms with Crippen LogP contribution in [0.1, 0.15) is 33.4 Å². The number of ether oxygens (including phenoxy) is 3. The van der Waals surface area contributed by atoms with Gasteiger partial charge >= 0.3 is 0 Å². The van der Waals surface area contributed by atoms with E-state index in [1.165, 1.54) is 0 Å². The van der Waals surface area contributed by atoms with Crippen molar-refractivity contribution in [3.8, 4) is 52.8 Å². The van der Waals surface area contributed by atoms with Gasteiger partial charge in [-0.2, -0.15) is 0 Å². The molecule has 0 unspecified atom stereocenters. The Morgan fingerprint density at radius 3 is 1.22 bits per heavy atom. The van der Waals surface area contributed by atoms with Gasteiger partial charge in [0, 0.05) is 33.4 Å². The fraction of sp³-hybridized carbons (Fsp3) is 0.0909. The molecule has 0 spiro atoms. The fourth-order valence-corrected chi connectivity index (χ4v) is 3.36. The first-order chi connectivity index (χ1) is 17.7. The first kappa shape index (κ1) is 24.1. The van der Waals surface area contributed by atoms with Crippen LogP contribution in [0.15, 0.2) is 91.0 Å². The average molecular weight is 469 g/mol. The molecule has 0 atom stereocenters. The minimum atomic E-state index is 0.762. The van der Waals surface area contributed by atoms with E-state index in [1.807, 2.05) is 91.0 Å². The molecular formula is C33H24O3. The third kappa shape index (κ3) is 6.51. The zero-order chi connectivity index (χ0) is 25.2. The van der Waals surface area contributed by atoms with Crippen molar-refractivity contribution < 1.29 is 14.2 Å². The van der Waals surface area contributed by atoms with Crippen LogP contribution in [-0.4, -0.2) is 21.3 Å². The maximum atomic E-state index is 5.32. The van der Waals surface area contributed by atoms with Crippen LogP contribution in [0.4, 0.5) is 0 Å². The van der Waals surface area contributed by atoms with Gasteiger partial charge in [0.1, 0.15) is 17.2 Å². The lowest BCUT2D eigenvalue weighted by Gasteiger charge is -2.01. The summed E-state index contributed by atoms with van der Waals surface area (Å²) in [6.07, 6.45) is 0. The molecule has 0 amide bonds. The number of hydrogen-bond donors (Lipinski definition) is 0. The number of rotatable bonds is 3. The third-order valence-electron chi connectivity index (χ3n) is 5.26. The Kier molecular flexibility index (Phi) is 7.96. The molecule has 36 heavy (non-hydrogen) atoms. The van der Waals surface area contributed by atoms with Crippen LogP contribution < -0.4 is 14.2 Å². The molecule has 0 aliphatic rings. The maximum absolute atomic E-state index is 5.32. The molecule has 0 saturated carbocycles. The van der Waals surface area contributed by atoms with E-state index in [1.54, 1.807) is 21.3 Å². The Labute approximate surface area is 212 Å². The van der Waals surface area contributed by atoms with Crippen molar-refractivity contribution in [3.63, 3.8) is 0 Å². The van der Waals surface area contributed by atoms with Crippen LogP contribution in [0.2, 0.25) is 0 Å². The lowest BCUT2D eigenvalue weighted by Crippen LogP contribution is -1.88. The Morgan fingerprint density at radius 2 is 0.778 bits per heavy atom. The molecule has 0 radical (unpaired) electrons. The molecule has 0 fully saturated rings. The zero-order valence-electron chi connectivity index (χ0n) is 20.4. The lowest BCUT2D eigenvalue weighted by molar-refractivity contribution is 0.414. The van der Waals surface area contributed by atoms with Gasteiger partial charge in [-0.3, -0.25) is 0 Å². The third-order valence-corrected chi connectivity index (χ3v) is 5.26. The summed E-state index contributed by atoms with van der Waals surface area (Å²) < 4.78 is 15.9. The quantitative estimate of drug-likeness (QED) is 0.350. The highest BCUT2D eigenvalue weighted by atomic mass is 16.5. The molecule has 0 aromatic heterocycles. The molecule has 4 aromatic carbocycles. The van der Waals surface area contributed by atoms with E-state index in [2.05, 4.69) is 35.5 Å². The monoisotopic (exact) mass is 468 g/mol. The van der Waals surface area contributed by atoms with Crippen molar-refractivity contribution in [2.24, 2.45) is 0 Å². The Morgan fingerprint density at radius 1 is 0.389 bits per heavy atom. The van der Waals surface area contributed by atoms with Crippen molar-refractivity contribution in [1.29, 1.82) is 0 Å². The molecular weight excluding hydrogens is 444 g/mol. The largest absolute Gasteiger partial charge is 0.497 e. The molecule has 4 rings (SSSR count). The van der Waals surface area contributed by atoms with Crippen LogP contribution in [0, 0.1) is 35.5 Å². The summed E-state index contributed by atoms with van der Waals surface area (Å²) in [6.45, 7) is 0. The zero-order valence-corrected chi connectivity index (χ0v) is 20.4. The lowest BCUT2D eigenvalue weighted by atomic mass is 10.0. The van der Waals surface area contributed by atoms with E-state index in [0.717, 1.165) is 50.6 Å². The van der Waals surface area contributed by atoms with Crippen molar-refractivity contribution in [2.75, 3.05) is 21.3 Å². The molecule has 174 valence electrons. The minimum Gasteiger partial charge on any atom is -0.497 e. The SMILES string of the molecule is COc1cccc(C#Cc2ccc(C#Cc3cccc(OC)c3)c(C#Cc3cccc(OC)c3)c2)c1. The first-order valence-corrected chi connectivity index (χ1v) is 11.3. The molecule has 0 N–H and O–H groups in total. The molecule has 0 bridgehead atoms. The Bertz CT molecular complexity index is 1560. The summed E-state index contributed by atoms with van der Waals surface area (Å²) in [6, 6.07) is 28.9. The van der Waals surface area contributed by atoms with Gasteiger partial charge in [0.05, 0.1) is 21.3 Å². The number of methoxy groups -OCH3 is 3. The second-order valence-corrected chi connectivity index (χ2v) is 7.71. The van der Waals surface area contributed by atoms with E-state index in [-0.39, 0.29) is 0 Å². The normalized spacial score (nSPS) is 9.42. The number of benzene rings is 4. The highest BCUT2D eigenvalue weighted by molar-refractivity contribution is 5.58. The number of hydrogen-bond acceptors (Lipinski definition) is 3. The summed E-state index contributed by atoms with van der Waals surface area (Å²) in [7, 11) is 4.93. The topological polar surface area (TPSA) is 27.7 Å². The smallest absolute Gasteiger partial charge is 0.120 e. The summed E-state index contributed by atoms with van der Waals surface area (Å²) >= 11 is 0. The highest BCUT2D eigenvalue weighted by Gasteiger charge is 2.01. The maximum Gasteiger partial charge on any atom is 0.120 e. The Balaban J connectivity index is 1.72. The highest BCUT2D eigenvalue weighted by Crippen LogP contribution is 2.16. The van der Waals surface area contributed by atoms with Gasteiger partial charge in [-0.1, -0.05) is 53.7 Å². The summed E-state index contributed by atoms with van der Waals surface area (Å²) in [5.74, 6) is 21.7. The van der Waals surface area contributed by atoms with Crippen LogP contribution in [-0.2, 0) is 0 Å². The molecule has 3 nitrogen and oxygen atoms in total. The van der Waals surface area contributed by atoms with Gasteiger partial charge in [0.15, 0.2) is 0 Å². The van der Waals surface area contributed by atoms with Gasteiger partial charge in [-0.05, 0) is 72.8 Å². The van der Waals surface area contributed by atoms with Crippen molar-refractivity contribution >= 4 is 0 Å². The van der Waals surface area contributed by atoms with Crippen molar-refractivity contribution in [3.05, 3.63) is 124 Å². The predicted molar refractivity (Wildman–Crippen MR) is 143 cm³/mol. The molecule has 4 aromatic rings. The fourth-order valence-electron chi connectivity index (χ4n) is 3.36. The van der Waals surface area contributed by atoms with E-state index in [4.69, 9.17) is 14.2 Å². The van der Waals surface area contributed by atoms with Gasteiger partial charge in [-0.25, -0.2) is 0 Å². The van der Waals surface area contributed by atoms with Crippen LogP contribution in [0.5, 0.6) is 17.2 Å². The van der Waals surface area contributed by atoms with Gasteiger partial charge in [-0.15, -0.1) is 0 Å². The Hall–Kier alpha value is -5.04. The second kappa shape index (κ2) is 11.9. The van der Waals surface area contributed by atoms with E-state index in [0.29, 0.717) is 0 Å². The summed E-state index contributed by atoms with van der Waals surface area (Å²) in [4.78, 5) is 0. The predicted octanol–water partition coefficient (Wildman–Crippen LogP) is 5.91. The van der Waals surface area contributed by atoms with Crippen LogP contribution >= 0.6 is 0 Å². The van der Waals surface area contributed by atoms with E-state index in [9.17, 15) is 0 Å². The minimum absolute atomic E-state index is 0.762. The molecule has 0 aliphatic heterocycles. The van der Waals surface area contributed by atoms with Gasteiger partial charge < -0.3 is 14.2 Å². The first-order valence-electron chi connectivity index (χ1n) is 11.3. The van der Waals surface area contributed by atoms with Crippen LogP contribution in [0.25, 0.3) is 0 Å². The van der Waals surface area contributed by atoms with Gasteiger partial charge in [0.2, 0.25) is 0 Å².